The Hall–Kier alpha value is -3.23. The molecule has 0 unspecified atom stereocenters. The number of piperidine rings is 1. The van der Waals surface area contributed by atoms with E-state index >= 15 is 0 Å². The lowest BCUT2D eigenvalue weighted by Crippen LogP contribution is -2.35. The molecule has 1 fully saturated rings. The van der Waals surface area contributed by atoms with Gasteiger partial charge in [-0.1, -0.05) is 18.6 Å². The highest BCUT2D eigenvalue weighted by Crippen LogP contribution is 2.34. The summed E-state index contributed by atoms with van der Waals surface area (Å²) in [6, 6.07) is 15.5. The molecule has 172 valence electrons. The standard InChI is InChI=1S/C25H27N3O4S/c1-18-7-6-8-21(15-18)32-24-12-11-22(33(30,31)28-13-4-3-5-14-28)16-23(24)27-25(29)20-10-9-19(2)26-17-20/h6-12,15-17H,3-5,13-14H2,1-2H3,(H,27,29). The maximum atomic E-state index is 13.2. The molecule has 33 heavy (non-hydrogen) atoms. The van der Waals surface area contributed by atoms with Crippen LogP contribution in [0.25, 0.3) is 0 Å². The van der Waals surface area contributed by atoms with Gasteiger partial charge in [-0.15, -0.1) is 0 Å². The number of rotatable bonds is 6. The van der Waals surface area contributed by atoms with Gasteiger partial charge in [0.05, 0.1) is 16.1 Å². The third-order valence-corrected chi connectivity index (χ3v) is 7.44. The van der Waals surface area contributed by atoms with E-state index in [1.54, 1.807) is 24.3 Å². The maximum Gasteiger partial charge on any atom is 0.257 e. The molecule has 0 radical (unpaired) electrons. The Labute approximate surface area is 194 Å². The third kappa shape index (κ3) is 5.40. The Morgan fingerprint density at radius 1 is 1.00 bits per heavy atom. The van der Waals surface area contributed by atoms with Crippen molar-refractivity contribution >= 4 is 21.6 Å². The molecule has 1 aliphatic heterocycles. The predicted molar refractivity (Wildman–Crippen MR) is 127 cm³/mol. The largest absolute Gasteiger partial charge is 0.455 e. The van der Waals surface area contributed by atoms with Crippen LogP contribution in [0.15, 0.2) is 65.7 Å². The van der Waals surface area contributed by atoms with Crippen molar-refractivity contribution in [1.29, 1.82) is 0 Å². The number of ether oxygens (including phenoxy) is 1. The van der Waals surface area contributed by atoms with E-state index in [2.05, 4.69) is 10.3 Å². The number of aromatic nitrogens is 1. The summed E-state index contributed by atoms with van der Waals surface area (Å²) in [5, 5.41) is 2.81. The fourth-order valence-electron chi connectivity index (χ4n) is 3.71. The zero-order valence-electron chi connectivity index (χ0n) is 18.7. The number of nitrogens with one attached hydrogen (secondary N) is 1. The second-order valence-corrected chi connectivity index (χ2v) is 10.1. The van der Waals surface area contributed by atoms with Crippen molar-refractivity contribution in [2.75, 3.05) is 18.4 Å². The van der Waals surface area contributed by atoms with Crippen LogP contribution in [0.3, 0.4) is 0 Å². The highest BCUT2D eigenvalue weighted by atomic mass is 32.2. The number of hydrogen-bond donors (Lipinski definition) is 1. The topological polar surface area (TPSA) is 88.6 Å². The second kappa shape index (κ2) is 9.72. The first-order valence-electron chi connectivity index (χ1n) is 11.0. The van der Waals surface area contributed by atoms with Crippen LogP contribution in [-0.4, -0.2) is 36.7 Å². The quantitative estimate of drug-likeness (QED) is 0.558. The Morgan fingerprint density at radius 2 is 1.79 bits per heavy atom. The average Bonchev–Trinajstić information content (AvgIpc) is 2.81. The monoisotopic (exact) mass is 465 g/mol. The molecule has 1 N–H and O–H groups in total. The van der Waals surface area contributed by atoms with E-state index in [0.29, 0.717) is 30.2 Å². The summed E-state index contributed by atoms with van der Waals surface area (Å²) in [5.41, 5.74) is 2.46. The van der Waals surface area contributed by atoms with Crippen LogP contribution in [-0.2, 0) is 10.0 Å². The number of benzene rings is 2. The first-order chi connectivity index (χ1) is 15.8. The molecule has 0 saturated carbocycles. The molecule has 0 bridgehead atoms. The second-order valence-electron chi connectivity index (χ2n) is 8.18. The van der Waals surface area contributed by atoms with Crippen LogP contribution >= 0.6 is 0 Å². The molecule has 3 aromatic rings. The minimum absolute atomic E-state index is 0.123. The lowest BCUT2D eigenvalue weighted by molar-refractivity contribution is 0.102. The molecule has 0 aliphatic carbocycles. The Kier molecular flexibility index (Phi) is 6.76. The van der Waals surface area contributed by atoms with E-state index in [4.69, 9.17) is 4.74 Å². The zero-order chi connectivity index (χ0) is 23.4. The van der Waals surface area contributed by atoms with E-state index < -0.39 is 15.9 Å². The van der Waals surface area contributed by atoms with Gasteiger partial charge in [0.2, 0.25) is 10.0 Å². The number of nitrogens with zero attached hydrogens (tertiary/aromatic N) is 2. The van der Waals surface area contributed by atoms with Gasteiger partial charge in [-0.05, 0) is 74.7 Å². The molecule has 1 aromatic heterocycles. The van der Waals surface area contributed by atoms with Gasteiger partial charge in [0.25, 0.3) is 5.91 Å². The fraction of sp³-hybridized carbons (Fsp3) is 0.280. The van der Waals surface area contributed by atoms with Crippen molar-refractivity contribution in [3.05, 3.63) is 77.6 Å². The van der Waals surface area contributed by atoms with Gasteiger partial charge < -0.3 is 10.1 Å². The van der Waals surface area contributed by atoms with Crippen molar-refractivity contribution in [2.24, 2.45) is 0 Å². The lowest BCUT2D eigenvalue weighted by Gasteiger charge is -2.26. The highest BCUT2D eigenvalue weighted by molar-refractivity contribution is 7.89. The molecule has 1 aliphatic rings. The summed E-state index contributed by atoms with van der Waals surface area (Å²) < 4.78 is 33.9. The maximum absolute atomic E-state index is 13.2. The minimum Gasteiger partial charge on any atom is -0.455 e. The van der Waals surface area contributed by atoms with Crippen molar-refractivity contribution in [2.45, 2.75) is 38.0 Å². The predicted octanol–water partition coefficient (Wildman–Crippen LogP) is 4.92. The molecule has 1 saturated heterocycles. The number of pyridine rings is 1. The van der Waals surface area contributed by atoms with Gasteiger partial charge in [0, 0.05) is 25.0 Å². The molecule has 8 heteroatoms. The third-order valence-electron chi connectivity index (χ3n) is 5.54. The molecule has 4 rings (SSSR count). The fourth-order valence-corrected chi connectivity index (χ4v) is 5.26. The van der Waals surface area contributed by atoms with Crippen molar-refractivity contribution in [1.82, 2.24) is 9.29 Å². The number of carbonyl (C=O) groups is 1. The number of amides is 1. The van der Waals surface area contributed by atoms with E-state index in [1.807, 2.05) is 32.0 Å². The van der Waals surface area contributed by atoms with Gasteiger partial charge in [-0.25, -0.2) is 8.42 Å². The molecule has 0 spiro atoms. The van der Waals surface area contributed by atoms with Gasteiger partial charge in [0.15, 0.2) is 5.75 Å². The summed E-state index contributed by atoms with van der Waals surface area (Å²) in [6.45, 7) is 4.79. The molecule has 0 atom stereocenters. The van der Waals surface area contributed by atoms with Crippen LogP contribution in [0.2, 0.25) is 0 Å². The number of anilines is 1. The van der Waals surface area contributed by atoms with E-state index in [-0.39, 0.29) is 10.6 Å². The first kappa shape index (κ1) is 22.9. The van der Waals surface area contributed by atoms with Crippen molar-refractivity contribution in [3.63, 3.8) is 0 Å². The molecular weight excluding hydrogens is 438 g/mol. The van der Waals surface area contributed by atoms with Crippen molar-refractivity contribution < 1.29 is 17.9 Å². The number of carbonyl (C=O) groups excluding carboxylic acids is 1. The Bertz CT molecular complexity index is 1250. The Balaban J connectivity index is 1.69. The van der Waals surface area contributed by atoms with Crippen molar-refractivity contribution in [3.8, 4) is 11.5 Å². The average molecular weight is 466 g/mol. The highest BCUT2D eigenvalue weighted by Gasteiger charge is 2.27. The van der Waals surface area contributed by atoms with Gasteiger partial charge >= 0.3 is 0 Å². The summed E-state index contributed by atoms with van der Waals surface area (Å²) >= 11 is 0. The van der Waals surface area contributed by atoms with E-state index in [9.17, 15) is 13.2 Å². The number of hydrogen-bond acceptors (Lipinski definition) is 5. The van der Waals surface area contributed by atoms with Crippen LogP contribution in [0.5, 0.6) is 11.5 Å². The van der Waals surface area contributed by atoms with Crippen LogP contribution in [0, 0.1) is 13.8 Å². The van der Waals surface area contributed by atoms with Gasteiger partial charge in [-0.2, -0.15) is 4.31 Å². The first-order valence-corrected chi connectivity index (χ1v) is 12.4. The number of aryl methyl sites for hydroxylation is 2. The van der Waals surface area contributed by atoms with Gasteiger partial charge in [0.1, 0.15) is 5.75 Å². The van der Waals surface area contributed by atoms with E-state index in [0.717, 1.165) is 30.5 Å². The lowest BCUT2D eigenvalue weighted by atomic mass is 10.2. The zero-order valence-corrected chi connectivity index (χ0v) is 19.6. The van der Waals surface area contributed by atoms with E-state index in [1.165, 1.54) is 22.6 Å². The summed E-state index contributed by atoms with van der Waals surface area (Å²) in [6.07, 6.45) is 4.21. The molecule has 7 nitrogen and oxygen atoms in total. The normalized spacial score (nSPS) is 14.6. The van der Waals surface area contributed by atoms with Gasteiger partial charge in [-0.3, -0.25) is 9.78 Å². The summed E-state index contributed by atoms with van der Waals surface area (Å²) in [4.78, 5) is 17.2. The molecular formula is C25H27N3O4S. The molecule has 2 aromatic carbocycles. The van der Waals surface area contributed by atoms with Crippen LogP contribution in [0.4, 0.5) is 5.69 Å². The SMILES string of the molecule is Cc1cccc(Oc2ccc(S(=O)(=O)N3CCCCC3)cc2NC(=O)c2ccc(C)nc2)c1. The smallest absolute Gasteiger partial charge is 0.257 e. The summed E-state index contributed by atoms with van der Waals surface area (Å²) in [7, 11) is -3.67. The molecule has 1 amide bonds. The minimum atomic E-state index is -3.67. The molecule has 2 heterocycles. The number of sulfonamides is 1. The summed E-state index contributed by atoms with van der Waals surface area (Å²) in [5.74, 6) is 0.546. The Morgan fingerprint density at radius 3 is 2.48 bits per heavy atom. The van der Waals surface area contributed by atoms with Crippen LogP contribution in [0.1, 0.15) is 40.9 Å². The van der Waals surface area contributed by atoms with Crippen LogP contribution < -0.4 is 10.1 Å².